The van der Waals surface area contributed by atoms with Gasteiger partial charge in [-0.1, -0.05) is 26.8 Å². The van der Waals surface area contributed by atoms with E-state index in [0.29, 0.717) is 10.8 Å². The number of amides is 1. The van der Waals surface area contributed by atoms with Crippen molar-refractivity contribution >= 4 is 40.4 Å². The van der Waals surface area contributed by atoms with Gasteiger partial charge in [0.2, 0.25) is 11.9 Å². The van der Waals surface area contributed by atoms with Gasteiger partial charge in [-0.15, -0.1) is 11.3 Å². The standard InChI is InChI=1S/C29H38N4O3S.C2H6/c1-20-9-11-22(12-10-20)27(34)33(23-13-17-32(18-14-23)29-30-15-6-16-31-29)24-19-25(21-7-4-3-5-8-21)37-26(24)28(35)36-2;1-2/h6-7,15-16,19-20,22-23H,3-5,8-14,17-18H2,1-2H3;1-2H3. The van der Waals surface area contributed by atoms with Crippen LogP contribution in [0.25, 0.3) is 5.57 Å². The highest BCUT2D eigenvalue weighted by molar-refractivity contribution is 7.15. The van der Waals surface area contributed by atoms with E-state index in [0.717, 1.165) is 87.4 Å². The highest BCUT2D eigenvalue weighted by Crippen LogP contribution is 2.41. The van der Waals surface area contributed by atoms with Gasteiger partial charge in [0.1, 0.15) is 4.88 Å². The van der Waals surface area contributed by atoms with E-state index in [4.69, 9.17) is 4.74 Å². The minimum absolute atomic E-state index is 0.00873. The molecule has 3 aliphatic rings. The number of thiophene rings is 1. The fraction of sp³-hybridized carbons (Fsp3) is 0.613. The van der Waals surface area contributed by atoms with Crippen LogP contribution in [-0.2, 0) is 9.53 Å². The average Bonchev–Trinajstić information content (AvgIpc) is 3.44. The maximum Gasteiger partial charge on any atom is 0.350 e. The fourth-order valence-corrected chi connectivity index (χ4v) is 7.13. The summed E-state index contributed by atoms with van der Waals surface area (Å²) >= 11 is 1.49. The van der Waals surface area contributed by atoms with Gasteiger partial charge in [0, 0.05) is 42.3 Å². The minimum atomic E-state index is -0.354. The molecule has 1 aliphatic heterocycles. The van der Waals surface area contributed by atoms with Gasteiger partial charge in [-0.2, -0.15) is 0 Å². The first kappa shape index (κ1) is 29.2. The van der Waals surface area contributed by atoms with E-state index in [2.05, 4.69) is 33.9 Å². The van der Waals surface area contributed by atoms with Crippen molar-refractivity contribution in [2.75, 3.05) is 30.0 Å². The zero-order chi connectivity index (χ0) is 27.8. The number of anilines is 2. The lowest BCUT2D eigenvalue weighted by atomic mass is 9.82. The molecular weight excluding hydrogens is 508 g/mol. The predicted octanol–water partition coefficient (Wildman–Crippen LogP) is 7.14. The average molecular weight is 553 g/mol. The van der Waals surface area contributed by atoms with Crippen molar-refractivity contribution in [2.24, 2.45) is 11.8 Å². The summed E-state index contributed by atoms with van der Waals surface area (Å²) in [6.07, 6.45) is 15.9. The van der Waals surface area contributed by atoms with Crippen LogP contribution >= 0.6 is 11.3 Å². The van der Waals surface area contributed by atoms with Crippen LogP contribution in [0.4, 0.5) is 11.6 Å². The molecule has 0 radical (unpaired) electrons. The third-order valence-corrected chi connectivity index (χ3v) is 9.40. The van der Waals surface area contributed by atoms with Crippen molar-refractivity contribution in [1.82, 2.24) is 9.97 Å². The van der Waals surface area contributed by atoms with E-state index < -0.39 is 0 Å². The van der Waals surface area contributed by atoms with Gasteiger partial charge in [0.15, 0.2) is 0 Å². The molecule has 0 aromatic carbocycles. The number of carbonyl (C=O) groups is 2. The normalized spacial score (nSPS) is 21.8. The van der Waals surface area contributed by atoms with Crippen LogP contribution in [0.15, 0.2) is 30.6 Å². The molecule has 7 nitrogen and oxygen atoms in total. The molecule has 2 aromatic heterocycles. The van der Waals surface area contributed by atoms with Gasteiger partial charge in [-0.05, 0) is 87.8 Å². The van der Waals surface area contributed by atoms with Gasteiger partial charge in [0.25, 0.3) is 0 Å². The molecule has 1 saturated carbocycles. The summed E-state index contributed by atoms with van der Waals surface area (Å²) in [5, 5.41) is 0. The summed E-state index contributed by atoms with van der Waals surface area (Å²) in [6, 6.07) is 3.95. The summed E-state index contributed by atoms with van der Waals surface area (Å²) in [5.41, 5.74) is 2.04. The van der Waals surface area contributed by atoms with Crippen molar-refractivity contribution in [1.29, 1.82) is 0 Å². The van der Waals surface area contributed by atoms with Crippen LogP contribution in [0.2, 0.25) is 0 Å². The second-order valence-corrected chi connectivity index (χ2v) is 11.8. The summed E-state index contributed by atoms with van der Waals surface area (Å²) < 4.78 is 5.22. The first-order chi connectivity index (χ1) is 19.0. The third kappa shape index (κ3) is 6.89. The lowest BCUT2D eigenvalue weighted by molar-refractivity contribution is -0.124. The number of methoxy groups -OCH3 is 1. The maximum absolute atomic E-state index is 14.2. The highest BCUT2D eigenvalue weighted by Gasteiger charge is 2.38. The Bertz CT molecular complexity index is 1120. The molecule has 1 saturated heterocycles. The summed E-state index contributed by atoms with van der Waals surface area (Å²) in [6.45, 7) is 7.82. The number of esters is 1. The second kappa shape index (κ2) is 14.1. The van der Waals surface area contributed by atoms with Crippen LogP contribution in [0.1, 0.15) is 99.5 Å². The molecule has 0 unspecified atom stereocenters. The number of hydrogen-bond donors (Lipinski definition) is 0. The van der Waals surface area contributed by atoms with Crippen molar-refractivity contribution in [3.63, 3.8) is 0 Å². The number of carbonyl (C=O) groups excluding carboxylic acids is 2. The Kier molecular flexibility index (Phi) is 10.5. The number of hydrogen-bond acceptors (Lipinski definition) is 7. The molecule has 8 heteroatoms. The Morgan fingerprint density at radius 1 is 1.03 bits per heavy atom. The maximum atomic E-state index is 14.2. The van der Waals surface area contributed by atoms with E-state index in [9.17, 15) is 9.59 Å². The zero-order valence-electron chi connectivity index (χ0n) is 24.0. The Balaban J connectivity index is 0.00000172. The van der Waals surface area contributed by atoms with E-state index in [1.165, 1.54) is 30.4 Å². The molecule has 2 aromatic rings. The van der Waals surface area contributed by atoms with Crippen molar-refractivity contribution in [3.05, 3.63) is 40.4 Å². The van der Waals surface area contributed by atoms with Crippen LogP contribution in [0.5, 0.6) is 0 Å². The summed E-state index contributed by atoms with van der Waals surface area (Å²) in [5.74, 6) is 1.23. The fourth-order valence-electron chi connectivity index (χ4n) is 6.00. The Labute approximate surface area is 237 Å². The number of allylic oxidation sites excluding steroid dienone is 2. The molecular formula is C31H44N4O3S. The van der Waals surface area contributed by atoms with Crippen LogP contribution in [0, 0.1) is 11.8 Å². The van der Waals surface area contributed by atoms with Gasteiger partial charge >= 0.3 is 5.97 Å². The summed E-state index contributed by atoms with van der Waals surface area (Å²) in [7, 11) is 1.43. The molecule has 39 heavy (non-hydrogen) atoms. The monoisotopic (exact) mass is 552 g/mol. The minimum Gasteiger partial charge on any atom is -0.465 e. The molecule has 3 heterocycles. The number of rotatable bonds is 6. The molecule has 0 bridgehead atoms. The Morgan fingerprint density at radius 2 is 1.72 bits per heavy atom. The first-order valence-electron chi connectivity index (χ1n) is 14.8. The highest BCUT2D eigenvalue weighted by atomic mass is 32.1. The zero-order valence-corrected chi connectivity index (χ0v) is 24.8. The van der Waals surface area contributed by atoms with Crippen LogP contribution < -0.4 is 9.80 Å². The van der Waals surface area contributed by atoms with Gasteiger partial charge in [0.05, 0.1) is 12.8 Å². The lowest BCUT2D eigenvalue weighted by Gasteiger charge is -2.40. The number of nitrogens with zero attached hydrogens (tertiary/aromatic N) is 4. The first-order valence-corrected chi connectivity index (χ1v) is 15.6. The largest absolute Gasteiger partial charge is 0.465 e. The van der Waals surface area contributed by atoms with E-state index >= 15 is 0 Å². The molecule has 1 amide bonds. The molecule has 2 aliphatic carbocycles. The van der Waals surface area contributed by atoms with E-state index in [-0.39, 0.29) is 23.8 Å². The van der Waals surface area contributed by atoms with E-state index in [1.54, 1.807) is 12.4 Å². The Hall–Kier alpha value is -2.74. The number of aromatic nitrogens is 2. The molecule has 0 N–H and O–H groups in total. The Morgan fingerprint density at radius 3 is 2.33 bits per heavy atom. The molecule has 212 valence electrons. The number of ether oxygens (including phenoxy) is 1. The lowest BCUT2D eigenvalue weighted by Crippen LogP contribution is -2.50. The second-order valence-electron chi connectivity index (χ2n) is 10.7. The SMILES string of the molecule is CC.COC(=O)c1sc(C2=CCCCC2)cc1N(C(=O)C1CCC(C)CC1)C1CCN(c2ncccn2)CC1. The molecule has 2 fully saturated rings. The molecule has 0 atom stereocenters. The van der Waals surface area contributed by atoms with Gasteiger partial charge < -0.3 is 14.5 Å². The smallest absolute Gasteiger partial charge is 0.350 e. The topological polar surface area (TPSA) is 75.6 Å². The van der Waals surface area contributed by atoms with E-state index in [1.807, 2.05) is 24.8 Å². The van der Waals surface area contributed by atoms with Crippen LogP contribution in [0.3, 0.4) is 0 Å². The van der Waals surface area contributed by atoms with Crippen molar-refractivity contribution in [3.8, 4) is 0 Å². The van der Waals surface area contributed by atoms with Gasteiger partial charge in [-0.25, -0.2) is 14.8 Å². The van der Waals surface area contributed by atoms with Crippen LogP contribution in [-0.4, -0.2) is 48.1 Å². The summed E-state index contributed by atoms with van der Waals surface area (Å²) in [4.78, 5) is 41.9. The number of piperidine rings is 1. The van der Waals surface area contributed by atoms with Crippen molar-refractivity contribution < 1.29 is 14.3 Å². The predicted molar refractivity (Wildman–Crippen MR) is 159 cm³/mol. The third-order valence-electron chi connectivity index (χ3n) is 8.22. The molecule has 0 spiro atoms. The molecule has 5 rings (SSSR count). The quantitative estimate of drug-likeness (QED) is 0.355. The van der Waals surface area contributed by atoms with Crippen molar-refractivity contribution in [2.45, 2.75) is 91.0 Å². The van der Waals surface area contributed by atoms with Gasteiger partial charge in [-0.3, -0.25) is 4.79 Å².